The van der Waals surface area contributed by atoms with Crippen LogP contribution in [0, 0.1) is 5.82 Å². The zero-order valence-corrected chi connectivity index (χ0v) is 12.4. The number of nitrogens with one attached hydrogen (secondary N) is 1. The first kappa shape index (κ1) is 15.3. The van der Waals surface area contributed by atoms with Crippen LogP contribution in [0.3, 0.4) is 0 Å². The van der Waals surface area contributed by atoms with E-state index < -0.39 is 0 Å². The van der Waals surface area contributed by atoms with E-state index in [4.69, 9.17) is 4.74 Å². The summed E-state index contributed by atoms with van der Waals surface area (Å²) in [5, 5.41) is 13.3. The Morgan fingerprint density at radius 1 is 1.10 bits per heavy atom. The Bertz CT molecular complexity index is 615. The van der Waals surface area contributed by atoms with E-state index in [1.807, 2.05) is 19.9 Å². The molecule has 0 radical (unpaired) electrons. The normalized spacial score (nSPS) is 13.7. The second-order valence-electron chi connectivity index (χ2n) is 5.09. The number of ether oxygens (including phenoxy) is 1. The van der Waals surface area contributed by atoms with Gasteiger partial charge >= 0.3 is 0 Å². The summed E-state index contributed by atoms with van der Waals surface area (Å²) in [5.74, 6) is 0.648. The van der Waals surface area contributed by atoms with Gasteiger partial charge in [0.15, 0.2) is 0 Å². The molecule has 0 aliphatic heterocycles. The molecule has 2 N–H and O–H groups in total. The van der Waals surface area contributed by atoms with Crippen LogP contribution in [-0.2, 0) is 0 Å². The summed E-state index contributed by atoms with van der Waals surface area (Å²) in [4.78, 5) is 0. The van der Waals surface area contributed by atoms with Gasteiger partial charge in [-0.15, -0.1) is 0 Å². The third kappa shape index (κ3) is 3.73. The summed E-state index contributed by atoms with van der Waals surface area (Å²) >= 11 is 0. The highest BCUT2D eigenvalue weighted by atomic mass is 19.1. The number of methoxy groups -OCH3 is 1. The predicted octanol–water partition coefficient (Wildman–Crippen LogP) is 3.95. The minimum Gasteiger partial charge on any atom is -0.508 e. The molecule has 2 rings (SSSR count). The van der Waals surface area contributed by atoms with Gasteiger partial charge in [0.1, 0.15) is 17.3 Å². The maximum atomic E-state index is 13.3. The number of benzene rings is 2. The lowest BCUT2D eigenvalue weighted by molar-refractivity contribution is 0.404. The third-order valence-electron chi connectivity index (χ3n) is 3.55. The molecule has 21 heavy (non-hydrogen) atoms. The molecular weight excluding hydrogens is 269 g/mol. The average Bonchev–Trinajstić information content (AvgIpc) is 2.47. The Morgan fingerprint density at radius 2 is 1.86 bits per heavy atom. The maximum absolute atomic E-state index is 13.3. The van der Waals surface area contributed by atoms with Crippen LogP contribution in [0.25, 0.3) is 0 Å². The molecule has 0 amide bonds. The molecule has 0 fully saturated rings. The largest absolute Gasteiger partial charge is 0.508 e. The first-order valence-electron chi connectivity index (χ1n) is 6.89. The molecule has 0 aliphatic rings. The van der Waals surface area contributed by atoms with E-state index in [2.05, 4.69) is 5.32 Å². The number of aromatic hydroxyl groups is 1. The lowest BCUT2D eigenvalue weighted by atomic mass is 10.0. The third-order valence-corrected chi connectivity index (χ3v) is 3.55. The van der Waals surface area contributed by atoms with Crippen LogP contribution >= 0.6 is 0 Å². The van der Waals surface area contributed by atoms with Crippen LogP contribution in [-0.4, -0.2) is 12.2 Å². The van der Waals surface area contributed by atoms with Gasteiger partial charge in [-0.2, -0.15) is 0 Å². The summed E-state index contributed by atoms with van der Waals surface area (Å²) < 4.78 is 18.4. The summed E-state index contributed by atoms with van der Waals surface area (Å²) in [6.07, 6.45) is 0. The molecule has 0 spiro atoms. The van der Waals surface area contributed by atoms with Crippen LogP contribution in [0.2, 0.25) is 0 Å². The highest BCUT2D eigenvalue weighted by Crippen LogP contribution is 2.30. The summed E-state index contributed by atoms with van der Waals surface area (Å²) in [6.45, 7) is 3.91. The van der Waals surface area contributed by atoms with Crippen molar-refractivity contribution in [2.45, 2.75) is 25.9 Å². The molecule has 0 aromatic heterocycles. The van der Waals surface area contributed by atoms with E-state index in [-0.39, 0.29) is 23.7 Å². The minimum absolute atomic E-state index is 0.0405. The number of rotatable bonds is 5. The molecule has 0 heterocycles. The molecule has 0 bridgehead atoms. The van der Waals surface area contributed by atoms with Crippen LogP contribution in [0.5, 0.6) is 11.5 Å². The lowest BCUT2D eigenvalue weighted by Gasteiger charge is -2.22. The predicted molar refractivity (Wildman–Crippen MR) is 81.0 cm³/mol. The van der Waals surface area contributed by atoms with Gasteiger partial charge in [0.2, 0.25) is 0 Å². The van der Waals surface area contributed by atoms with Crippen molar-refractivity contribution in [1.29, 1.82) is 0 Å². The Balaban J connectivity index is 2.15. The molecule has 2 aromatic carbocycles. The van der Waals surface area contributed by atoms with Gasteiger partial charge in [-0.25, -0.2) is 4.39 Å². The minimum atomic E-state index is -0.252. The second kappa shape index (κ2) is 6.59. The van der Waals surface area contributed by atoms with E-state index in [1.54, 1.807) is 31.4 Å². The highest BCUT2D eigenvalue weighted by Gasteiger charge is 2.15. The van der Waals surface area contributed by atoms with Gasteiger partial charge < -0.3 is 15.2 Å². The standard InChI is InChI=1S/C17H20FNO2/c1-11(13-5-4-6-14(18)9-13)19-12(2)16-10-15(21-3)7-8-17(16)20/h4-12,19-20H,1-3H3. The van der Waals surface area contributed by atoms with Gasteiger partial charge in [0, 0.05) is 17.6 Å². The second-order valence-corrected chi connectivity index (χ2v) is 5.09. The van der Waals surface area contributed by atoms with Gasteiger partial charge in [-0.05, 0) is 49.7 Å². The summed E-state index contributed by atoms with van der Waals surface area (Å²) in [5.41, 5.74) is 1.61. The molecule has 0 aliphatic carbocycles. The number of hydrogen-bond acceptors (Lipinski definition) is 3. The van der Waals surface area contributed by atoms with Crippen molar-refractivity contribution in [3.63, 3.8) is 0 Å². The van der Waals surface area contributed by atoms with Crippen molar-refractivity contribution in [3.05, 3.63) is 59.4 Å². The summed E-state index contributed by atoms with van der Waals surface area (Å²) in [7, 11) is 1.59. The van der Waals surface area contributed by atoms with Crippen molar-refractivity contribution in [2.24, 2.45) is 0 Å². The zero-order valence-electron chi connectivity index (χ0n) is 12.4. The fourth-order valence-electron chi connectivity index (χ4n) is 2.34. The molecule has 4 heteroatoms. The van der Waals surface area contributed by atoms with Crippen molar-refractivity contribution < 1.29 is 14.2 Å². The van der Waals surface area contributed by atoms with Gasteiger partial charge in [0.05, 0.1) is 7.11 Å². The van der Waals surface area contributed by atoms with Gasteiger partial charge in [-0.1, -0.05) is 12.1 Å². The van der Waals surface area contributed by atoms with Crippen LogP contribution in [0.1, 0.15) is 37.1 Å². The van der Waals surface area contributed by atoms with E-state index in [9.17, 15) is 9.50 Å². The van der Waals surface area contributed by atoms with Crippen molar-refractivity contribution in [2.75, 3.05) is 7.11 Å². The van der Waals surface area contributed by atoms with Gasteiger partial charge in [-0.3, -0.25) is 0 Å². The molecule has 2 aromatic rings. The Kier molecular flexibility index (Phi) is 4.81. The van der Waals surface area contributed by atoms with Crippen LogP contribution < -0.4 is 10.1 Å². The first-order valence-corrected chi connectivity index (χ1v) is 6.89. The molecule has 3 nitrogen and oxygen atoms in total. The molecule has 0 saturated carbocycles. The van der Waals surface area contributed by atoms with Crippen molar-refractivity contribution >= 4 is 0 Å². The van der Waals surface area contributed by atoms with Crippen molar-refractivity contribution in [1.82, 2.24) is 5.32 Å². The SMILES string of the molecule is COc1ccc(O)c(C(C)NC(C)c2cccc(F)c2)c1. The topological polar surface area (TPSA) is 41.5 Å². The highest BCUT2D eigenvalue weighted by molar-refractivity contribution is 5.41. The van der Waals surface area contributed by atoms with Crippen LogP contribution in [0.15, 0.2) is 42.5 Å². The first-order chi connectivity index (χ1) is 10.0. The van der Waals surface area contributed by atoms with E-state index in [0.29, 0.717) is 5.75 Å². The maximum Gasteiger partial charge on any atom is 0.123 e. The monoisotopic (exact) mass is 289 g/mol. The van der Waals surface area contributed by atoms with E-state index >= 15 is 0 Å². The Hall–Kier alpha value is -2.07. The smallest absolute Gasteiger partial charge is 0.123 e. The van der Waals surface area contributed by atoms with Crippen molar-refractivity contribution in [3.8, 4) is 11.5 Å². The average molecular weight is 289 g/mol. The molecule has 0 saturated heterocycles. The Labute approximate surface area is 124 Å². The summed E-state index contributed by atoms with van der Waals surface area (Å²) in [6, 6.07) is 11.5. The fraction of sp³-hybridized carbons (Fsp3) is 0.294. The molecule has 2 atom stereocenters. The number of phenolic OH excluding ortho intramolecular Hbond substituents is 1. The molecule has 112 valence electrons. The number of halogens is 1. The zero-order chi connectivity index (χ0) is 15.4. The lowest BCUT2D eigenvalue weighted by Crippen LogP contribution is -2.22. The van der Waals surface area contributed by atoms with E-state index in [0.717, 1.165) is 11.1 Å². The van der Waals surface area contributed by atoms with Crippen LogP contribution in [0.4, 0.5) is 4.39 Å². The quantitative estimate of drug-likeness (QED) is 0.875. The van der Waals surface area contributed by atoms with Gasteiger partial charge in [0.25, 0.3) is 0 Å². The number of hydrogen-bond donors (Lipinski definition) is 2. The fourth-order valence-corrected chi connectivity index (χ4v) is 2.34. The molecular formula is C17H20FNO2. The number of phenols is 1. The molecule has 2 unspecified atom stereocenters. The van der Waals surface area contributed by atoms with E-state index in [1.165, 1.54) is 12.1 Å². The Morgan fingerprint density at radius 3 is 2.52 bits per heavy atom.